The van der Waals surface area contributed by atoms with E-state index in [-0.39, 0.29) is 6.04 Å². The summed E-state index contributed by atoms with van der Waals surface area (Å²) in [4.78, 5) is 0. The summed E-state index contributed by atoms with van der Waals surface area (Å²) < 4.78 is 5.23. The third-order valence-electron chi connectivity index (χ3n) is 4.00. The second kappa shape index (κ2) is 6.79. The highest BCUT2D eigenvalue weighted by molar-refractivity contribution is 7.80. The van der Waals surface area contributed by atoms with Crippen molar-refractivity contribution in [3.05, 3.63) is 59.7 Å². The van der Waals surface area contributed by atoms with E-state index in [9.17, 15) is 0 Å². The number of rotatable bonds is 3. The van der Waals surface area contributed by atoms with E-state index in [0.717, 1.165) is 24.3 Å². The van der Waals surface area contributed by atoms with Gasteiger partial charge in [-0.2, -0.15) is 0 Å². The minimum absolute atomic E-state index is 0.288. The summed E-state index contributed by atoms with van der Waals surface area (Å²) in [6, 6.07) is 16.7. The van der Waals surface area contributed by atoms with Gasteiger partial charge in [0.1, 0.15) is 5.75 Å². The minimum Gasteiger partial charge on any atom is -0.497 e. The van der Waals surface area contributed by atoms with Crippen molar-refractivity contribution in [1.82, 2.24) is 5.32 Å². The zero-order chi connectivity index (χ0) is 15.4. The van der Waals surface area contributed by atoms with Crippen molar-refractivity contribution in [3.63, 3.8) is 0 Å². The van der Waals surface area contributed by atoms with Crippen LogP contribution in [0.2, 0.25) is 0 Å². The molecule has 114 valence electrons. The Hall–Kier alpha value is -2.07. The summed E-state index contributed by atoms with van der Waals surface area (Å²) >= 11 is 5.46. The van der Waals surface area contributed by atoms with Crippen LogP contribution in [0.5, 0.6) is 5.75 Å². The minimum atomic E-state index is 0.288. The van der Waals surface area contributed by atoms with Gasteiger partial charge in [-0.1, -0.05) is 30.3 Å². The van der Waals surface area contributed by atoms with Crippen molar-refractivity contribution >= 4 is 23.0 Å². The van der Waals surface area contributed by atoms with Gasteiger partial charge >= 0.3 is 0 Å². The Bertz CT molecular complexity index is 672. The average molecular weight is 312 g/mol. The van der Waals surface area contributed by atoms with Crippen LogP contribution in [0.3, 0.4) is 0 Å². The summed E-state index contributed by atoms with van der Waals surface area (Å²) in [6.07, 6.45) is 3.46. The highest BCUT2D eigenvalue weighted by atomic mass is 32.1. The number of hydrogen-bond donors (Lipinski definition) is 2. The van der Waals surface area contributed by atoms with Crippen LogP contribution in [-0.2, 0) is 6.42 Å². The third-order valence-corrected chi connectivity index (χ3v) is 4.22. The average Bonchev–Trinajstić information content (AvgIpc) is 2.55. The molecular weight excluding hydrogens is 292 g/mol. The van der Waals surface area contributed by atoms with Crippen LogP contribution in [0.15, 0.2) is 48.5 Å². The molecule has 0 spiro atoms. The Kier molecular flexibility index (Phi) is 4.59. The number of anilines is 1. The lowest BCUT2D eigenvalue weighted by molar-refractivity contribution is 0.415. The molecule has 2 N–H and O–H groups in total. The Morgan fingerprint density at radius 2 is 2.05 bits per heavy atom. The SMILES string of the molecule is COc1cccc(NC(=S)NC2CCCc3ccccc32)c1. The van der Waals surface area contributed by atoms with Gasteiger partial charge in [-0.05, 0) is 54.7 Å². The monoisotopic (exact) mass is 312 g/mol. The second-order valence-corrected chi connectivity index (χ2v) is 5.88. The molecule has 0 heterocycles. The molecule has 0 saturated carbocycles. The van der Waals surface area contributed by atoms with Gasteiger partial charge < -0.3 is 15.4 Å². The van der Waals surface area contributed by atoms with E-state index in [2.05, 4.69) is 34.9 Å². The maximum absolute atomic E-state index is 5.46. The number of nitrogens with one attached hydrogen (secondary N) is 2. The van der Waals surface area contributed by atoms with Gasteiger partial charge in [0.05, 0.1) is 13.2 Å². The van der Waals surface area contributed by atoms with Gasteiger partial charge in [0.25, 0.3) is 0 Å². The number of ether oxygens (including phenoxy) is 1. The fourth-order valence-corrected chi connectivity index (χ4v) is 3.19. The normalized spacial score (nSPS) is 16.5. The number of methoxy groups -OCH3 is 1. The summed E-state index contributed by atoms with van der Waals surface area (Å²) in [5.41, 5.74) is 3.72. The Morgan fingerprint density at radius 3 is 2.91 bits per heavy atom. The predicted molar refractivity (Wildman–Crippen MR) is 94.5 cm³/mol. The van der Waals surface area contributed by atoms with E-state index in [1.165, 1.54) is 17.5 Å². The van der Waals surface area contributed by atoms with Crippen molar-refractivity contribution in [2.75, 3.05) is 12.4 Å². The molecule has 0 radical (unpaired) electrons. The predicted octanol–water partition coefficient (Wildman–Crippen LogP) is 4.06. The second-order valence-electron chi connectivity index (χ2n) is 5.47. The maximum Gasteiger partial charge on any atom is 0.171 e. The van der Waals surface area contributed by atoms with E-state index >= 15 is 0 Å². The quantitative estimate of drug-likeness (QED) is 0.838. The van der Waals surface area contributed by atoms with Crippen LogP contribution in [0.4, 0.5) is 5.69 Å². The zero-order valence-electron chi connectivity index (χ0n) is 12.6. The molecule has 0 aromatic heterocycles. The Balaban J connectivity index is 1.67. The first-order chi connectivity index (χ1) is 10.8. The van der Waals surface area contributed by atoms with Crippen LogP contribution in [-0.4, -0.2) is 12.2 Å². The van der Waals surface area contributed by atoms with Crippen molar-refractivity contribution in [1.29, 1.82) is 0 Å². The number of benzene rings is 2. The molecule has 1 aliphatic carbocycles. The summed E-state index contributed by atoms with van der Waals surface area (Å²) in [5, 5.41) is 7.32. The fraction of sp³-hybridized carbons (Fsp3) is 0.278. The number of aryl methyl sites for hydroxylation is 1. The summed E-state index contributed by atoms with van der Waals surface area (Å²) in [7, 11) is 1.66. The van der Waals surface area contributed by atoms with Crippen molar-refractivity contribution in [2.24, 2.45) is 0 Å². The largest absolute Gasteiger partial charge is 0.497 e. The maximum atomic E-state index is 5.46. The van der Waals surface area contributed by atoms with Gasteiger partial charge in [-0.25, -0.2) is 0 Å². The molecule has 2 aromatic carbocycles. The number of thiocarbonyl (C=S) groups is 1. The van der Waals surface area contributed by atoms with Crippen molar-refractivity contribution in [3.8, 4) is 5.75 Å². The molecule has 1 aliphatic rings. The lowest BCUT2D eigenvalue weighted by atomic mass is 9.88. The van der Waals surface area contributed by atoms with Gasteiger partial charge in [-0.15, -0.1) is 0 Å². The van der Waals surface area contributed by atoms with Gasteiger partial charge in [0.2, 0.25) is 0 Å². The lowest BCUT2D eigenvalue weighted by Crippen LogP contribution is -2.34. The Labute approximate surface area is 136 Å². The zero-order valence-corrected chi connectivity index (χ0v) is 13.5. The molecule has 0 saturated heterocycles. The Morgan fingerprint density at radius 1 is 1.18 bits per heavy atom. The molecule has 2 aromatic rings. The molecule has 1 atom stereocenters. The topological polar surface area (TPSA) is 33.3 Å². The fourth-order valence-electron chi connectivity index (χ4n) is 2.93. The molecule has 1 unspecified atom stereocenters. The molecule has 22 heavy (non-hydrogen) atoms. The number of hydrogen-bond acceptors (Lipinski definition) is 2. The number of fused-ring (bicyclic) bond motifs is 1. The standard InChI is InChI=1S/C18H20N2OS/c1-21-15-9-5-8-14(12-15)19-18(22)20-17-11-4-7-13-6-2-3-10-16(13)17/h2-3,5-6,8-10,12,17H,4,7,11H2,1H3,(H2,19,20,22). The first kappa shape index (κ1) is 14.9. The lowest BCUT2D eigenvalue weighted by Gasteiger charge is -2.27. The molecule has 0 fully saturated rings. The molecule has 4 heteroatoms. The highest BCUT2D eigenvalue weighted by Crippen LogP contribution is 2.29. The van der Waals surface area contributed by atoms with E-state index in [1.54, 1.807) is 7.11 Å². The van der Waals surface area contributed by atoms with Gasteiger partial charge in [0.15, 0.2) is 5.11 Å². The van der Waals surface area contributed by atoms with Crippen molar-refractivity contribution < 1.29 is 4.74 Å². The smallest absolute Gasteiger partial charge is 0.171 e. The van der Waals surface area contributed by atoms with Crippen LogP contribution in [0.1, 0.15) is 30.0 Å². The van der Waals surface area contributed by atoms with Crippen LogP contribution < -0.4 is 15.4 Å². The molecule has 0 aliphatic heterocycles. The summed E-state index contributed by atoms with van der Waals surface area (Å²) in [5.74, 6) is 0.816. The van der Waals surface area contributed by atoms with Gasteiger partial charge in [-0.3, -0.25) is 0 Å². The highest BCUT2D eigenvalue weighted by Gasteiger charge is 2.20. The van der Waals surface area contributed by atoms with Crippen LogP contribution >= 0.6 is 12.2 Å². The molecule has 0 amide bonds. The third kappa shape index (κ3) is 3.39. The van der Waals surface area contributed by atoms with Crippen molar-refractivity contribution in [2.45, 2.75) is 25.3 Å². The first-order valence-corrected chi connectivity index (χ1v) is 7.96. The van der Waals surface area contributed by atoms with E-state index in [4.69, 9.17) is 17.0 Å². The molecule has 0 bridgehead atoms. The van der Waals surface area contributed by atoms with Gasteiger partial charge in [0, 0.05) is 11.8 Å². The van der Waals surface area contributed by atoms with E-state index in [1.807, 2.05) is 24.3 Å². The summed E-state index contributed by atoms with van der Waals surface area (Å²) in [6.45, 7) is 0. The molecule has 3 rings (SSSR count). The van der Waals surface area contributed by atoms with E-state index < -0.39 is 0 Å². The molecular formula is C18H20N2OS. The molecule has 3 nitrogen and oxygen atoms in total. The van der Waals surface area contributed by atoms with Crippen LogP contribution in [0, 0.1) is 0 Å². The van der Waals surface area contributed by atoms with E-state index in [0.29, 0.717) is 5.11 Å². The first-order valence-electron chi connectivity index (χ1n) is 7.55. The van der Waals surface area contributed by atoms with Crippen LogP contribution in [0.25, 0.3) is 0 Å².